The maximum absolute atomic E-state index is 11.8. The van der Waals surface area contributed by atoms with E-state index in [0.29, 0.717) is 24.3 Å². The van der Waals surface area contributed by atoms with E-state index in [2.05, 4.69) is 21.2 Å². The molecule has 4 nitrogen and oxygen atoms in total. The summed E-state index contributed by atoms with van der Waals surface area (Å²) < 4.78 is 24.3. The van der Waals surface area contributed by atoms with Crippen molar-refractivity contribution in [1.82, 2.24) is 0 Å². The molecule has 0 spiro atoms. The van der Waals surface area contributed by atoms with E-state index < -0.39 is 9.84 Å². The van der Waals surface area contributed by atoms with Gasteiger partial charge in [-0.15, -0.1) is 0 Å². The highest BCUT2D eigenvalue weighted by atomic mass is 79.9. The molecule has 0 aliphatic carbocycles. The molecule has 0 saturated carbocycles. The van der Waals surface area contributed by atoms with E-state index in [9.17, 15) is 8.42 Å². The van der Waals surface area contributed by atoms with Gasteiger partial charge in [0.05, 0.1) is 11.0 Å². The van der Waals surface area contributed by atoms with Crippen LogP contribution >= 0.6 is 28.1 Å². The number of halogens is 1. The molecule has 0 bridgehead atoms. The van der Waals surface area contributed by atoms with Gasteiger partial charge in [-0.3, -0.25) is 0 Å². The highest BCUT2D eigenvalue weighted by molar-refractivity contribution is 9.10. The first kappa shape index (κ1) is 14.7. The zero-order valence-corrected chi connectivity index (χ0v) is 13.4. The second kappa shape index (κ2) is 5.76. The molecule has 1 aliphatic rings. The number of hydrogen-bond donors (Lipinski definition) is 2. The molecule has 2 rings (SSSR count). The molecule has 104 valence electrons. The largest absolute Gasteiger partial charge is 0.389 e. The summed E-state index contributed by atoms with van der Waals surface area (Å²) in [5.74, 6) is 0.292. The van der Waals surface area contributed by atoms with Crippen LogP contribution in [-0.4, -0.2) is 31.0 Å². The molecular formula is C12H15BrN2O2S2. The van der Waals surface area contributed by atoms with E-state index >= 15 is 0 Å². The van der Waals surface area contributed by atoms with Gasteiger partial charge < -0.3 is 11.1 Å². The second-order valence-electron chi connectivity index (χ2n) is 4.54. The number of rotatable bonds is 4. The summed E-state index contributed by atoms with van der Waals surface area (Å²) in [5, 5.41) is 2.84. The Morgan fingerprint density at radius 3 is 2.84 bits per heavy atom. The zero-order chi connectivity index (χ0) is 14.0. The molecule has 1 unspecified atom stereocenters. The fraction of sp³-hybridized carbons (Fsp3) is 0.417. The summed E-state index contributed by atoms with van der Waals surface area (Å²) in [4.78, 5) is 0.282. The lowest BCUT2D eigenvalue weighted by atomic mass is 10.1. The van der Waals surface area contributed by atoms with Crippen LogP contribution in [0.1, 0.15) is 18.4 Å². The van der Waals surface area contributed by atoms with E-state index in [1.165, 1.54) is 0 Å². The van der Waals surface area contributed by atoms with Gasteiger partial charge in [0.1, 0.15) is 4.99 Å². The molecular weight excluding hydrogens is 348 g/mol. The first-order chi connectivity index (χ1) is 8.92. The third-order valence-corrected chi connectivity index (χ3v) is 6.38. The van der Waals surface area contributed by atoms with Crippen LogP contribution in [0.5, 0.6) is 0 Å². The number of hydrogen-bond acceptors (Lipinski definition) is 4. The molecule has 1 aliphatic heterocycles. The summed E-state index contributed by atoms with van der Waals surface area (Å²) in [6.07, 6.45) is 1.46. The van der Waals surface area contributed by atoms with Crippen LogP contribution in [0.25, 0.3) is 0 Å². The van der Waals surface area contributed by atoms with Crippen molar-refractivity contribution in [3.05, 3.63) is 28.2 Å². The van der Waals surface area contributed by atoms with Gasteiger partial charge in [0.15, 0.2) is 9.84 Å². The number of nitrogens with two attached hydrogens (primary N) is 1. The van der Waals surface area contributed by atoms with Crippen molar-refractivity contribution in [2.75, 3.05) is 17.6 Å². The average Bonchev–Trinajstić information content (AvgIpc) is 2.65. The van der Waals surface area contributed by atoms with Crippen molar-refractivity contribution >= 4 is 48.7 Å². The molecule has 0 radical (unpaired) electrons. The van der Waals surface area contributed by atoms with Crippen LogP contribution in [0.15, 0.2) is 22.7 Å². The summed E-state index contributed by atoms with van der Waals surface area (Å²) in [6, 6.07) is 5.56. The summed E-state index contributed by atoms with van der Waals surface area (Å²) in [6.45, 7) is 0.397. The third kappa shape index (κ3) is 3.27. The molecule has 1 aromatic rings. The summed E-state index contributed by atoms with van der Waals surface area (Å²) in [7, 11) is -2.94. The Hall–Kier alpha value is -0.660. The highest BCUT2D eigenvalue weighted by Crippen LogP contribution is 2.26. The van der Waals surface area contributed by atoms with E-state index in [0.717, 1.165) is 16.6 Å². The maximum Gasteiger partial charge on any atom is 0.154 e. The van der Waals surface area contributed by atoms with Crippen molar-refractivity contribution < 1.29 is 8.42 Å². The Kier molecular flexibility index (Phi) is 4.47. The quantitative estimate of drug-likeness (QED) is 0.802. The zero-order valence-electron chi connectivity index (χ0n) is 10.2. The van der Waals surface area contributed by atoms with Crippen LogP contribution in [-0.2, 0) is 9.84 Å². The van der Waals surface area contributed by atoms with Gasteiger partial charge in [0.2, 0.25) is 0 Å². The first-order valence-corrected chi connectivity index (χ1v) is 8.87. The topological polar surface area (TPSA) is 72.2 Å². The smallest absolute Gasteiger partial charge is 0.154 e. The predicted octanol–water partition coefficient (Wildman–Crippen LogP) is 2.07. The van der Waals surface area contributed by atoms with Gasteiger partial charge in [-0.25, -0.2) is 8.42 Å². The van der Waals surface area contributed by atoms with Crippen LogP contribution in [0.3, 0.4) is 0 Å². The molecule has 1 fully saturated rings. The number of nitrogens with one attached hydrogen (secondary N) is 1. The van der Waals surface area contributed by atoms with Gasteiger partial charge >= 0.3 is 0 Å². The Balaban J connectivity index is 2.16. The van der Waals surface area contributed by atoms with Crippen LogP contribution in [0.2, 0.25) is 0 Å². The minimum absolute atomic E-state index is 0.282. The molecule has 0 amide bonds. The molecule has 7 heteroatoms. The fourth-order valence-electron chi connectivity index (χ4n) is 2.23. The minimum atomic E-state index is -2.94. The third-order valence-electron chi connectivity index (χ3n) is 3.24. The Morgan fingerprint density at radius 1 is 1.53 bits per heavy atom. The second-order valence-corrected chi connectivity index (χ2v) is 8.23. The first-order valence-electron chi connectivity index (χ1n) is 5.95. The monoisotopic (exact) mass is 362 g/mol. The standard InChI is InChI=1S/C12H15BrN2O2S2/c13-9-4-1-5-10(11(9)12(14)18)15-7-8-3-2-6-19(8,16)17/h1,4-5,8,15H,2-3,6-7H2,(H2,14,18). The van der Waals surface area contributed by atoms with E-state index in [-0.39, 0.29) is 10.2 Å². The van der Waals surface area contributed by atoms with Crippen molar-refractivity contribution in [3.8, 4) is 0 Å². The van der Waals surface area contributed by atoms with E-state index in [1.807, 2.05) is 18.2 Å². The normalized spacial score (nSPS) is 21.2. The van der Waals surface area contributed by atoms with Crippen molar-refractivity contribution in [3.63, 3.8) is 0 Å². The number of sulfone groups is 1. The lowest BCUT2D eigenvalue weighted by Gasteiger charge is -2.15. The van der Waals surface area contributed by atoms with Crippen LogP contribution in [0.4, 0.5) is 5.69 Å². The lowest BCUT2D eigenvalue weighted by molar-refractivity contribution is 0.591. The van der Waals surface area contributed by atoms with Gasteiger partial charge in [0.25, 0.3) is 0 Å². The van der Waals surface area contributed by atoms with Crippen molar-refractivity contribution in [1.29, 1.82) is 0 Å². The van der Waals surface area contributed by atoms with E-state index in [4.69, 9.17) is 18.0 Å². The molecule has 1 saturated heterocycles. The number of anilines is 1. The number of thiocarbonyl (C=S) groups is 1. The minimum Gasteiger partial charge on any atom is -0.389 e. The van der Waals surface area contributed by atoms with E-state index in [1.54, 1.807) is 0 Å². The molecule has 0 aromatic heterocycles. The Bertz CT molecular complexity index is 602. The summed E-state index contributed by atoms with van der Waals surface area (Å²) in [5.41, 5.74) is 7.18. The fourth-order valence-corrected chi connectivity index (χ4v) is 4.93. The Morgan fingerprint density at radius 2 is 2.26 bits per heavy atom. The Labute approximate surface area is 126 Å². The lowest BCUT2D eigenvalue weighted by Crippen LogP contribution is -2.26. The van der Waals surface area contributed by atoms with Crippen LogP contribution in [0, 0.1) is 0 Å². The molecule has 1 atom stereocenters. The molecule has 19 heavy (non-hydrogen) atoms. The molecule has 1 aromatic carbocycles. The number of benzene rings is 1. The highest BCUT2D eigenvalue weighted by Gasteiger charge is 2.31. The maximum atomic E-state index is 11.8. The van der Waals surface area contributed by atoms with Crippen molar-refractivity contribution in [2.45, 2.75) is 18.1 Å². The van der Waals surface area contributed by atoms with Crippen LogP contribution < -0.4 is 11.1 Å². The summed E-state index contributed by atoms with van der Waals surface area (Å²) >= 11 is 8.42. The van der Waals surface area contributed by atoms with Gasteiger partial charge in [-0.2, -0.15) is 0 Å². The van der Waals surface area contributed by atoms with Gasteiger partial charge in [-0.1, -0.05) is 18.3 Å². The average molecular weight is 363 g/mol. The SMILES string of the molecule is NC(=S)c1c(Br)cccc1NCC1CCCS1(=O)=O. The van der Waals surface area contributed by atoms with Crippen molar-refractivity contribution in [2.24, 2.45) is 5.73 Å². The van der Waals surface area contributed by atoms with Gasteiger partial charge in [-0.05, 0) is 40.9 Å². The predicted molar refractivity (Wildman–Crippen MR) is 85.3 cm³/mol. The molecule has 1 heterocycles. The molecule has 3 N–H and O–H groups in total. The van der Waals surface area contributed by atoms with Gasteiger partial charge in [0, 0.05) is 22.3 Å².